The van der Waals surface area contributed by atoms with Gasteiger partial charge in [0.2, 0.25) is 0 Å². The normalized spacial score (nSPS) is 24.2. The van der Waals surface area contributed by atoms with E-state index in [1.165, 1.54) is 22.5 Å². The second-order valence-corrected chi connectivity index (χ2v) is 9.94. The summed E-state index contributed by atoms with van der Waals surface area (Å²) in [6.07, 6.45) is 1.38. The number of anilines is 1. The Labute approximate surface area is 185 Å². The van der Waals surface area contributed by atoms with Gasteiger partial charge in [0.1, 0.15) is 5.54 Å². The lowest BCUT2D eigenvalue weighted by molar-refractivity contribution is -0.122. The number of fused-ring (bicyclic) bond motifs is 1. The summed E-state index contributed by atoms with van der Waals surface area (Å²) < 4.78 is 6.02. The Morgan fingerprint density at radius 1 is 1.30 bits per heavy atom. The molecule has 0 aliphatic carbocycles. The highest BCUT2D eigenvalue weighted by Crippen LogP contribution is 2.29. The third kappa shape index (κ3) is 4.39. The number of carbonyl (C=O) groups is 2. The standard InChI is InChI=1S/C22H26ClN3O3S/c1-14-12-26(2)9-7-15-11-16(3-4-17(14)15)24-21(28)22(8-10-29-13-22)25-20(27)18-5-6-19(23)30-18/h3-6,11,14H,7-10,12-13H2,1-2H3,(H,24,28)(H,25,27)/t14-,22-/m0/s1. The summed E-state index contributed by atoms with van der Waals surface area (Å²) in [5.74, 6) is -0.121. The molecule has 2 amide bonds. The van der Waals surface area contributed by atoms with Crippen LogP contribution in [-0.2, 0) is 16.0 Å². The first-order valence-corrected chi connectivity index (χ1v) is 11.3. The molecule has 1 aromatic carbocycles. The highest BCUT2D eigenvalue weighted by Gasteiger charge is 2.44. The van der Waals surface area contributed by atoms with Crippen molar-refractivity contribution in [3.8, 4) is 0 Å². The molecule has 0 spiro atoms. The van der Waals surface area contributed by atoms with Crippen molar-refractivity contribution in [3.05, 3.63) is 50.7 Å². The van der Waals surface area contributed by atoms with Gasteiger partial charge in [-0.15, -0.1) is 11.3 Å². The van der Waals surface area contributed by atoms with Gasteiger partial charge in [-0.05, 0) is 54.8 Å². The summed E-state index contributed by atoms with van der Waals surface area (Å²) >= 11 is 7.13. The average molecular weight is 448 g/mol. The van der Waals surface area contributed by atoms with E-state index in [4.69, 9.17) is 16.3 Å². The van der Waals surface area contributed by atoms with Gasteiger partial charge in [0, 0.05) is 31.8 Å². The number of halogens is 1. The molecule has 160 valence electrons. The number of nitrogens with zero attached hydrogens (tertiary/aromatic N) is 1. The molecule has 2 atom stereocenters. The number of hydrogen-bond donors (Lipinski definition) is 2. The Morgan fingerprint density at radius 3 is 2.83 bits per heavy atom. The van der Waals surface area contributed by atoms with E-state index >= 15 is 0 Å². The molecule has 6 nitrogen and oxygen atoms in total. The molecule has 1 aromatic heterocycles. The van der Waals surface area contributed by atoms with Gasteiger partial charge in [-0.3, -0.25) is 9.59 Å². The van der Waals surface area contributed by atoms with E-state index in [1.54, 1.807) is 12.1 Å². The van der Waals surface area contributed by atoms with Crippen molar-refractivity contribution in [1.29, 1.82) is 0 Å². The van der Waals surface area contributed by atoms with E-state index in [0.717, 1.165) is 25.2 Å². The maximum absolute atomic E-state index is 13.2. The monoisotopic (exact) mass is 447 g/mol. The maximum Gasteiger partial charge on any atom is 0.262 e. The topological polar surface area (TPSA) is 70.7 Å². The molecule has 3 heterocycles. The van der Waals surface area contributed by atoms with Crippen LogP contribution in [0.3, 0.4) is 0 Å². The minimum atomic E-state index is -1.09. The van der Waals surface area contributed by atoms with Gasteiger partial charge in [0.25, 0.3) is 11.8 Å². The smallest absolute Gasteiger partial charge is 0.262 e. The number of thiophene rings is 1. The molecular weight excluding hydrogens is 422 g/mol. The molecule has 2 N–H and O–H groups in total. The fraction of sp³-hybridized carbons (Fsp3) is 0.455. The quantitative estimate of drug-likeness (QED) is 0.752. The molecule has 0 bridgehead atoms. The minimum absolute atomic E-state index is 0.149. The number of nitrogens with one attached hydrogen (secondary N) is 2. The highest BCUT2D eigenvalue weighted by molar-refractivity contribution is 7.18. The van der Waals surface area contributed by atoms with Crippen LogP contribution < -0.4 is 10.6 Å². The number of benzene rings is 1. The van der Waals surface area contributed by atoms with Gasteiger partial charge in [0.15, 0.2) is 0 Å². The van der Waals surface area contributed by atoms with Crippen LogP contribution in [0.25, 0.3) is 0 Å². The molecule has 0 saturated carbocycles. The Morgan fingerprint density at radius 2 is 2.13 bits per heavy atom. The minimum Gasteiger partial charge on any atom is -0.378 e. The van der Waals surface area contributed by atoms with E-state index < -0.39 is 5.54 Å². The Bertz CT molecular complexity index is 955. The van der Waals surface area contributed by atoms with Crippen molar-refractivity contribution in [3.63, 3.8) is 0 Å². The molecule has 4 rings (SSSR count). The van der Waals surface area contributed by atoms with Crippen molar-refractivity contribution < 1.29 is 14.3 Å². The lowest BCUT2D eigenvalue weighted by atomic mass is 9.94. The van der Waals surface area contributed by atoms with E-state index in [2.05, 4.69) is 41.6 Å². The summed E-state index contributed by atoms with van der Waals surface area (Å²) in [5, 5.41) is 5.91. The van der Waals surface area contributed by atoms with Gasteiger partial charge in [-0.2, -0.15) is 0 Å². The molecule has 0 radical (unpaired) electrons. The predicted molar refractivity (Wildman–Crippen MR) is 120 cm³/mol. The molecule has 2 aliphatic heterocycles. The molecule has 30 heavy (non-hydrogen) atoms. The third-order valence-electron chi connectivity index (χ3n) is 5.89. The molecule has 1 fully saturated rings. The maximum atomic E-state index is 13.2. The number of likely N-dealkylation sites (N-methyl/N-ethyl adjacent to an activating group) is 1. The summed E-state index contributed by atoms with van der Waals surface area (Å²) in [6.45, 7) is 4.82. The summed E-state index contributed by atoms with van der Waals surface area (Å²) in [6, 6.07) is 9.45. The second kappa shape index (κ2) is 8.67. The number of hydrogen-bond acceptors (Lipinski definition) is 5. The molecular formula is C22H26ClN3O3S. The van der Waals surface area contributed by atoms with E-state index in [1.807, 2.05) is 6.07 Å². The van der Waals surface area contributed by atoms with Crippen LogP contribution in [0.4, 0.5) is 5.69 Å². The second-order valence-electron chi connectivity index (χ2n) is 8.22. The largest absolute Gasteiger partial charge is 0.378 e. The van der Waals surface area contributed by atoms with Gasteiger partial charge in [-0.1, -0.05) is 24.6 Å². The van der Waals surface area contributed by atoms with Crippen LogP contribution in [-0.4, -0.2) is 55.6 Å². The van der Waals surface area contributed by atoms with Crippen molar-refractivity contribution in [1.82, 2.24) is 10.2 Å². The lowest BCUT2D eigenvalue weighted by Gasteiger charge is -2.27. The molecule has 1 saturated heterocycles. The van der Waals surface area contributed by atoms with Gasteiger partial charge in [0.05, 0.1) is 15.8 Å². The van der Waals surface area contributed by atoms with Gasteiger partial charge >= 0.3 is 0 Å². The molecule has 8 heteroatoms. The zero-order valence-corrected chi connectivity index (χ0v) is 18.7. The van der Waals surface area contributed by atoms with Crippen LogP contribution >= 0.6 is 22.9 Å². The fourth-order valence-electron chi connectivity index (χ4n) is 4.21. The number of rotatable bonds is 4. The first-order valence-electron chi connectivity index (χ1n) is 10.1. The lowest BCUT2D eigenvalue weighted by Crippen LogP contribution is -2.57. The summed E-state index contributed by atoms with van der Waals surface area (Å²) in [4.78, 5) is 28.7. The van der Waals surface area contributed by atoms with Crippen molar-refractivity contribution in [2.75, 3.05) is 38.7 Å². The van der Waals surface area contributed by atoms with Crippen LogP contribution in [0.15, 0.2) is 30.3 Å². The van der Waals surface area contributed by atoms with Crippen molar-refractivity contribution in [2.24, 2.45) is 0 Å². The first kappa shape index (κ1) is 21.3. The Hall–Kier alpha value is -1.93. The van der Waals surface area contributed by atoms with Crippen LogP contribution in [0.2, 0.25) is 4.34 Å². The Balaban J connectivity index is 1.52. The first-order chi connectivity index (χ1) is 14.4. The van der Waals surface area contributed by atoms with Gasteiger partial charge in [-0.25, -0.2) is 0 Å². The van der Waals surface area contributed by atoms with E-state index in [9.17, 15) is 9.59 Å². The molecule has 0 unspecified atom stereocenters. The number of ether oxygens (including phenoxy) is 1. The predicted octanol–water partition coefficient (Wildman–Crippen LogP) is 3.52. The number of carbonyl (C=O) groups excluding carboxylic acids is 2. The average Bonchev–Trinajstić information content (AvgIpc) is 3.33. The highest BCUT2D eigenvalue weighted by atomic mass is 35.5. The SMILES string of the molecule is C[C@H]1CN(C)CCc2cc(NC(=O)[C@]3(NC(=O)c4ccc(Cl)s4)CCOC3)ccc21. The van der Waals surface area contributed by atoms with Gasteiger partial charge < -0.3 is 20.3 Å². The number of amides is 2. The van der Waals surface area contributed by atoms with Crippen molar-refractivity contribution in [2.45, 2.75) is 31.2 Å². The summed E-state index contributed by atoms with van der Waals surface area (Å²) in [5.41, 5.74) is 2.25. The zero-order valence-electron chi connectivity index (χ0n) is 17.2. The fourth-order valence-corrected chi connectivity index (χ4v) is 5.15. The van der Waals surface area contributed by atoms with E-state index in [0.29, 0.717) is 28.2 Å². The van der Waals surface area contributed by atoms with Crippen LogP contribution in [0, 0.1) is 0 Å². The Kier molecular flexibility index (Phi) is 6.16. The molecule has 2 aromatic rings. The third-order valence-corrected chi connectivity index (χ3v) is 7.12. The zero-order chi connectivity index (χ0) is 21.3. The van der Waals surface area contributed by atoms with Crippen LogP contribution in [0.1, 0.15) is 40.1 Å². The van der Waals surface area contributed by atoms with Crippen LogP contribution in [0.5, 0.6) is 0 Å². The van der Waals surface area contributed by atoms with E-state index in [-0.39, 0.29) is 18.4 Å². The summed E-state index contributed by atoms with van der Waals surface area (Å²) in [7, 11) is 2.14. The van der Waals surface area contributed by atoms with Crippen molar-refractivity contribution >= 4 is 40.4 Å². The molecule has 2 aliphatic rings.